The molecule has 0 aliphatic carbocycles. The molecule has 2 amide bonds. The van der Waals surface area contributed by atoms with Gasteiger partial charge in [-0.25, -0.2) is 13.4 Å². The number of primary amides is 1. The molecule has 0 saturated heterocycles. The highest BCUT2D eigenvalue weighted by Gasteiger charge is 2.22. The number of para-hydroxylation sites is 2. The van der Waals surface area contributed by atoms with Crippen molar-refractivity contribution in [2.45, 2.75) is 18.3 Å². The largest absolute Gasteiger partial charge is 0.368 e. The van der Waals surface area contributed by atoms with Crippen molar-refractivity contribution in [1.82, 2.24) is 14.9 Å². The molecule has 9 heteroatoms. The zero-order chi connectivity index (χ0) is 20.3. The second kappa shape index (κ2) is 7.81. The summed E-state index contributed by atoms with van der Waals surface area (Å²) in [5.41, 5.74) is 7.22. The van der Waals surface area contributed by atoms with Gasteiger partial charge in [-0.05, 0) is 17.7 Å². The molecule has 0 bridgehead atoms. The monoisotopic (exact) mass is 400 g/mol. The van der Waals surface area contributed by atoms with Crippen molar-refractivity contribution in [2.75, 3.05) is 6.26 Å². The fourth-order valence-electron chi connectivity index (χ4n) is 2.96. The van der Waals surface area contributed by atoms with Crippen molar-refractivity contribution >= 4 is 32.7 Å². The summed E-state index contributed by atoms with van der Waals surface area (Å²) in [6, 6.07) is 14.7. The average Bonchev–Trinajstić information content (AvgIpc) is 2.95. The molecule has 0 saturated carbocycles. The number of hydrogen-bond acceptors (Lipinski definition) is 5. The molecule has 146 valence electrons. The first-order valence-electron chi connectivity index (χ1n) is 8.50. The van der Waals surface area contributed by atoms with Crippen molar-refractivity contribution in [3.8, 4) is 0 Å². The van der Waals surface area contributed by atoms with Crippen LogP contribution in [-0.2, 0) is 31.7 Å². The molecule has 0 aliphatic rings. The molecule has 1 aromatic heterocycles. The Morgan fingerprint density at radius 3 is 2.39 bits per heavy atom. The predicted octanol–water partition coefficient (Wildman–Crippen LogP) is 0.924. The van der Waals surface area contributed by atoms with Crippen LogP contribution in [0.25, 0.3) is 11.0 Å². The lowest BCUT2D eigenvalue weighted by atomic mass is 10.1. The molecule has 3 aromatic rings. The Morgan fingerprint density at radius 1 is 1.11 bits per heavy atom. The number of rotatable bonds is 7. The van der Waals surface area contributed by atoms with Crippen molar-refractivity contribution in [3.63, 3.8) is 0 Å². The molecule has 0 aliphatic heterocycles. The molecule has 2 aromatic carbocycles. The average molecular weight is 400 g/mol. The van der Waals surface area contributed by atoms with Crippen molar-refractivity contribution in [1.29, 1.82) is 0 Å². The number of hydrogen-bond donors (Lipinski definition) is 2. The van der Waals surface area contributed by atoms with Gasteiger partial charge in [0, 0.05) is 6.26 Å². The van der Waals surface area contributed by atoms with E-state index in [9.17, 15) is 18.0 Å². The lowest BCUT2D eigenvalue weighted by Gasteiger charge is -2.17. The highest BCUT2D eigenvalue weighted by atomic mass is 32.2. The standard InChI is InChI=1S/C19H20N4O4S/c1-28(26,27)12-16-21-14-9-5-6-10-15(14)23(16)11-17(24)22-18(19(20)25)13-7-3-2-4-8-13/h2-10,18H,11-12H2,1H3,(H2,20,25)(H,22,24). The van der Waals surface area contributed by atoms with Crippen molar-refractivity contribution < 1.29 is 18.0 Å². The van der Waals surface area contributed by atoms with E-state index in [0.717, 1.165) is 6.26 Å². The number of imidazole rings is 1. The van der Waals surface area contributed by atoms with Crippen LogP contribution < -0.4 is 11.1 Å². The second-order valence-corrected chi connectivity index (χ2v) is 8.63. The van der Waals surface area contributed by atoms with E-state index in [-0.39, 0.29) is 18.1 Å². The molecule has 3 rings (SSSR count). The summed E-state index contributed by atoms with van der Waals surface area (Å²) in [6.07, 6.45) is 1.11. The summed E-state index contributed by atoms with van der Waals surface area (Å²) in [4.78, 5) is 28.8. The molecule has 0 fully saturated rings. The number of sulfone groups is 1. The number of benzene rings is 2. The van der Waals surface area contributed by atoms with E-state index in [1.54, 1.807) is 54.6 Å². The smallest absolute Gasteiger partial charge is 0.244 e. The Kier molecular flexibility index (Phi) is 5.46. The molecule has 0 spiro atoms. The second-order valence-electron chi connectivity index (χ2n) is 6.49. The van der Waals surface area contributed by atoms with E-state index in [1.165, 1.54) is 4.57 Å². The molecule has 8 nitrogen and oxygen atoms in total. The van der Waals surface area contributed by atoms with Crippen LogP contribution in [-0.4, -0.2) is 36.0 Å². The van der Waals surface area contributed by atoms with Crippen LogP contribution in [0.2, 0.25) is 0 Å². The highest BCUT2D eigenvalue weighted by Crippen LogP contribution is 2.18. The van der Waals surface area contributed by atoms with Gasteiger partial charge in [0.25, 0.3) is 0 Å². The fraction of sp³-hybridized carbons (Fsp3) is 0.211. The quantitative estimate of drug-likeness (QED) is 0.610. The highest BCUT2D eigenvalue weighted by molar-refractivity contribution is 7.89. The van der Waals surface area contributed by atoms with Gasteiger partial charge < -0.3 is 15.6 Å². The molecule has 1 unspecified atom stereocenters. The molecule has 28 heavy (non-hydrogen) atoms. The third-order valence-electron chi connectivity index (χ3n) is 4.15. The van der Waals surface area contributed by atoms with E-state index in [0.29, 0.717) is 16.6 Å². The molecule has 1 heterocycles. The van der Waals surface area contributed by atoms with Crippen LogP contribution >= 0.6 is 0 Å². The first-order valence-corrected chi connectivity index (χ1v) is 10.6. The van der Waals surface area contributed by atoms with Gasteiger partial charge in [0.2, 0.25) is 11.8 Å². The van der Waals surface area contributed by atoms with Crippen LogP contribution in [0.4, 0.5) is 0 Å². The van der Waals surface area contributed by atoms with E-state index in [1.807, 2.05) is 0 Å². The normalized spacial score (nSPS) is 12.6. The van der Waals surface area contributed by atoms with Gasteiger partial charge in [0.05, 0.1) is 11.0 Å². The van der Waals surface area contributed by atoms with Crippen LogP contribution in [0.5, 0.6) is 0 Å². The minimum atomic E-state index is -3.35. The summed E-state index contributed by atoms with van der Waals surface area (Å²) in [5.74, 6) is -1.21. The van der Waals surface area contributed by atoms with Crippen molar-refractivity contribution in [2.24, 2.45) is 5.73 Å². The Balaban J connectivity index is 1.90. The van der Waals surface area contributed by atoms with Crippen LogP contribution in [0.15, 0.2) is 54.6 Å². The van der Waals surface area contributed by atoms with Gasteiger partial charge in [-0.1, -0.05) is 42.5 Å². The van der Waals surface area contributed by atoms with Crippen LogP contribution in [0.3, 0.4) is 0 Å². The van der Waals surface area contributed by atoms with Gasteiger partial charge in [-0.3, -0.25) is 9.59 Å². The first kappa shape index (κ1) is 19.6. The molecule has 3 N–H and O–H groups in total. The lowest BCUT2D eigenvalue weighted by Crippen LogP contribution is -2.39. The third-order valence-corrected chi connectivity index (χ3v) is 4.93. The molecular formula is C19H20N4O4S. The van der Waals surface area contributed by atoms with Crippen LogP contribution in [0, 0.1) is 0 Å². The lowest BCUT2D eigenvalue weighted by molar-refractivity contribution is -0.127. The van der Waals surface area contributed by atoms with E-state index in [4.69, 9.17) is 5.73 Å². The van der Waals surface area contributed by atoms with Crippen molar-refractivity contribution in [3.05, 3.63) is 66.0 Å². The number of carbonyl (C=O) groups is 2. The van der Waals surface area contributed by atoms with E-state index < -0.39 is 27.7 Å². The zero-order valence-electron chi connectivity index (χ0n) is 15.2. The number of nitrogens with one attached hydrogen (secondary N) is 1. The molecule has 0 radical (unpaired) electrons. The van der Waals surface area contributed by atoms with E-state index in [2.05, 4.69) is 10.3 Å². The minimum absolute atomic E-state index is 0.192. The van der Waals surface area contributed by atoms with Crippen LogP contribution in [0.1, 0.15) is 17.4 Å². The number of carbonyl (C=O) groups excluding carboxylic acids is 2. The topological polar surface area (TPSA) is 124 Å². The maximum atomic E-state index is 12.6. The first-order chi connectivity index (χ1) is 13.2. The summed E-state index contributed by atoms with van der Waals surface area (Å²) in [7, 11) is -3.35. The maximum absolute atomic E-state index is 12.6. The number of fused-ring (bicyclic) bond motifs is 1. The molecule has 1 atom stereocenters. The Bertz CT molecular complexity index is 1120. The van der Waals surface area contributed by atoms with Gasteiger partial charge in [-0.15, -0.1) is 0 Å². The van der Waals surface area contributed by atoms with Gasteiger partial charge in [0.15, 0.2) is 9.84 Å². The number of amides is 2. The fourth-order valence-corrected chi connectivity index (χ4v) is 3.65. The number of nitrogens with zero attached hydrogens (tertiary/aromatic N) is 2. The number of nitrogens with two attached hydrogens (primary N) is 1. The summed E-state index contributed by atoms with van der Waals surface area (Å²) >= 11 is 0. The maximum Gasteiger partial charge on any atom is 0.244 e. The van der Waals surface area contributed by atoms with Gasteiger partial charge >= 0.3 is 0 Å². The summed E-state index contributed by atoms with van der Waals surface area (Å²) in [5, 5.41) is 2.61. The minimum Gasteiger partial charge on any atom is -0.368 e. The van der Waals surface area contributed by atoms with E-state index >= 15 is 0 Å². The Hall–Kier alpha value is -3.20. The number of aromatic nitrogens is 2. The summed E-state index contributed by atoms with van der Waals surface area (Å²) < 4.78 is 25.0. The third kappa shape index (κ3) is 4.55. The Morgan fingerprint density at radius 2 is 1.75 bits per heavy atom. The Labute approximate surface area is 162 Å². The zero-order valence-corrected chi connectivity index (χ0v) is 16.0. The predicted molar refractivity (Wildman–Crippen MR) is 105 cm³/mol. The summed E-state index contributed by atoms with van der Waals surface area (Å²) in [6.45, 7) is -0.192. The molecular weight excluding hydrogens is 380 g/mol. The van der Waals surface area contributed by atoms with Gasteiger partial charge in [0.1, 0.15) is 24.2 Å². The van der Waals surface area contributed by atoms with Gasteiger partial charge in [-0.2, -0.15) is 0 Å². The SMILES string of the molecule is CS(=O)(=O)Cc1nc2ccccc2n1CC(=O)NC(C(N)=O)c1ccccc1.